The van der Waals surface area contributed by atoms with Crippen LogP contribution in [-0.2, 0) is 0 Å². The Bertz CT molecular complexity index is 620. The molecule has 19 heavy (non-hydrogen) atoms. The van der Waals surface area contributed by atoms with Crippen LogP contribution >= 0.6 is 11.6 Å². The van der Waals surface area contributed by atoms with Gasteiger partial charge in [0.2, 0.25) is 0 Å². The molecule has 100 valence electrons. The predicted molar refractivity (Wildman–Crippen MR) is 77.6 cm³/mol. The first kappa shape index (κ1) is 12.5. The van der Waals surface area contributed by atoms with Crippen LogP contribution in [0.15, 0.2) is 24.4 Å². The van der Waals surface area contributed by atoms with E-state index < -0.39 is 0 Å². The van der Waals surface area contributed by atoms with Crippen molar-refractivity contribution < 1.29 is 4.79 Å². The second kappa shape index (κ2) is 4.89. The fourth-order valence-electron chi connectivity index (χ4n) is 2.82. The summed E-state index contributed by atoms with van der Waals surface area (Å²) in [6.45, 7) is 3.93. The molecule has 1 amide bonds. The highest BCUT2D eigenvalue weighted by Crippen LogP contribution is 2.25. The number of aromatic nitrogens is 1. The number of piperidine rings is 1. The quantitative estimate of drug-likeness (QED) is 0.847. The minimum absolute atomic E-state index is 0.125. The lowest BCUT2D eigenvalue weighted by Crippen LogP contribution is -2.39. The molecule has 2 heterocycles. The molecule has 4 heteroatoms. The monoisotopic (exact) mass is 276 g/mol. The molecule has 3 rings (SSSR count). The SMILES string of the molecule is CC1CCCN(C(=O)c2c[nH]c3cc(Cl)ccc23)C1. The fraction of sp³-hybridized carbons (Fsp3) is 0.400. The zero-order valence-corrected chi connectivity index (χ0v) is 11.7. The highest BCUT2D eigenvalue weighted by atomic mass is 35.5. The first-order valence-electron chi connectivity index (χ1n) is 6.71. The maximum absolute atomic E-state index is 12.6. The van der Waals surface area contributed by atoms with Gasteiger partial charge in [0.05, 0.1) is 5.56 Å². The molecule has 1 unspecified atom stereocenters. The van der Waals surface area contributed by atoms with E-state index in [1.165, 1.54) is 6.42 Å². The second-order valence-corrected chi connectivity index (χ2v) is 5.83. The molecule has 1 aliphatic heterocycles. The first-order valence-corrected chi connectivity index (χ1v) is 7.09. The number of benzene rings is 1. The van der Waals surface area contributed by atoms with Gasteiger partial charge in [-0.15, -0.1) is 0 Å². The van der Waals surface area contributed by atoms with Gasteiger partial charge in [0.1, 0.15) is 0 Å². The Morgan fingerprint density at radius 1 is 1.47 bits per heavy atom. The first-order chi connectivity index (χ1) is 9.15. The van der Waals surface area contributed by atoms with Crippen LogP contribution < -0.4 is 0 Å². The molecule has 1 aromatic carbocycles. The van der Waals surface area contributed by atoms with E-state index in [2.05, 4.69) is 11.9 Å². The molecule has 0 aliphatic carbocycles. The molecule has 1 N–H and O–H groups in total. The van der Waals surface area contributed by atoms with Crippen molar-refractivity contribution in [2.75, 3.05) is 13.1 Å². The van der Waals surface area contributed by atoms with Gasteiger partial charge in [-0.05, 0) is 30.9 Å². The Morgan fingerprint density at radius 3 is 3.11 bits per heavy atom. The average Bonchev–Trinajstić information content (AvgIpc) is 2.80. The van der Waals surface area contributed by atoms with Gasteiger partial charge in [-0.2, -0.15) is 0 Å². The van der Waals surface area contributed by atoms with Crippen molar-refractivity contribution in [2.45, 2.75) is 19.8 Å². The number of halogens is 1. The molecule has 1 fully saturated rings. The summed E-state index contributed by atoms with van der Waals surface area (Å²) in [5.41, 5.74) is 1.67. The lowest BCUT2D eigenvalue weighted by molar-refractivity contribution is 0.0685. The summed E-state index contributed by atoms with van der Waals surface area (Å²) in [5.74, 6) is 0.720. The van der Waals surface area contributed by atoms with E-state index in [1.54, 1.807) is 6.20 Å². The number of hydrogen-bond donors (Lipinski definition) is 1. The van der Waals surface area contributed by atoms with Crippen LogP contribution in [0.4, 0.5) is 0 Å². The van der Waals surface area contributed by atoms with Crippen molar-refractivity contribution in [1.29, 1.82) is 0 Å². The summed E-state index contributed by atoms with van der Waals surface area (Å²) in [6.07, 6.45) is 4.11. The van der Waals surface area contributed by atoms with E-state index in [0.717, 1.165) is 36.0 Å². The van der Waals surface area contributed by atoms with Crippen molar-refractivity contribution >= 4 is 28.4 Å². The van der Waals surface area contributed by atoms with E-state index in [9.17, 15) is 4.79 Å². The van der Waals surface area contributed by atoms with Crippen LogP contribution in [0.25, 0.3) is 10.9 Å². The van der Waals surface area contributed by atoms with E-state index in [0.29, 0.717) is 10.9 Å². The molecule has 0 bridgehead atoms. The van der Waals surface area contributed by atoms with Gasteiger partial charge in [-0.3, -0.25) is 4.79 Å². The minimum atomic E-state index is 0.125. The van der Waals surface area contributed by atoms with E-state index in [1.807, 2.05) is 23.1 Å². The molecule has 1 aromatic heterocycles. The summed E-state index contributed by atoms with van der Waals surface area (Å²) >= 11 is 5.96. The third-order valence-electron chi connectivity index (χ3n) is 3.82. The highest BCUT2D eigenvalue weighted by molar-refractivity contribution is 6.31. The van der Waals surface area contributed by atoms with Crippen LogP contribution in [0.2, 0.25) is 5.02 Å². The van der Waals surface area contributed by atoms with Gasteiger partial charge >= 0.3 is 0 Å². The van der Waals surface area contributed by atoms with Gasteiger partial charge in [-0.25, -0.2) is 0 Å². The molecule has 2 aromatic rings. The number of carbonyl (C=O) groups excluding carboxylic acids is 1. The van der Waals surface area contributed by atoms with Gasteiger partial charge in [0.15, 0.2) is 0 Å². The van der Waals surface area contributed by atoms with Gasteiger partial charge in [0, 0.05) is 35.2 Å². The number of carbonyl (C=O) groups is 1. The van der Waals surface area contributed by atoms with Gasteiger partial charge < -0.3 is 9.88 Å². The van der Waals surface area contributed by atoms with Crippen LogP contribution in [0.5, 0.6) is 0 Å². The van der Waals surface area contributed by atoms with Gasteiger partial charge in [0.25, 0.3) is 5.91 Å². The Kier molecular flexibility index (Phi) is 3.23. The Morgan fingerprint density at radius 2 is 2.32 bits per heavy atom. The van der Waals surface area contributed by atoms with Crippen LogP contribution in [0.1, 0.15) is 30.1 Å². The van der Waals surface area contributed by atoms with E-state index in [-0.39, 0.29) is 5.91 Å². The number of likely N-dealkylation sites (tertiary alicyclic amines) is 1. The third kappa shape index (κ3) is 2.35. The normalized spacial score (nSPS) is 19.9. The summed E-state index contributed by atoms with van der Waals surface area (Å²) in [4.78, 5) is 17.7. The Balaban J connectivity index is 1.93. The predicted octanol–water partition coefficient (Wildman–Crippen LogP) is 3.69. The number of amides is 1. The van der Waals surface area contributed by atoms with Gasteiger partial charge in [-0.1, -0.05) is 24.6 Å². The number of hydrogen-bond acceptors (Lipinski definition) is 1. The molecule has 1 aliphatic rings. The minimum Gasteiger partial charge on any atom is -0.360 e. The zero-order valence-electron chi connectivity index (χ0n) is 10.9. The maximum atomic E-state index is 12.6. The zero-order chi connectivity index (χ0) is 13.4. The topological polar surface area (TPSA) is 36.1 Å². The number of aromatic amines is 1. The summed E-state index contributed by atoms with van der Waals surface area (Å²) in [7, 11) is 0. The van der Waals surface area contributed by atoms with Crippen molar-refractivity contribution in [3.8, 4) is 0 Å². The lowest BCUT2D eigenvalue weighted by Gasteiger charge is -2.30. The number of nitrogens with one attached hydrogen (secondary N) is 1. The molecular weight excluding hydrogens is 260 g/mol. The number of rotatable bonds is 1. The molecule has 0 saturated carbocycles. The standard InChI is InChI=1S/C15H17ClN2O/c1-10-3-2-6-18(9-10)15(19)13-8-17-14-7-11(16)4-5-12(13)14/h4-5,7-8,10,17H,2-3,6,9H2,1H3. The number of fused-ring (bicyclic) bond motifs is 1. The Hall–Kier alpha value is -1.48. The third-order valence-corrected chi connectivity index (χ3v) is 4.05. The fourth-order valence-corrected chi connectivity index (χ4v) is 2.99. The molecule has 1 saturated heterocycles. The largest absolute Gasteiger partial charge is 0.360 e. The van der Waals surface area contributed by atoms with Crippen molar-refractivity contribution in [3.05, 3.63) is 35.0 Å². The Labute approximate surface area is 117 Å². The molecule has 0 radical (unpaired) electrons. The van der Waals surface area contributed by atoms with Crippen LogP contribution in [-0.4, -0.2) is 28.9 Å². The second-order valence-electron chi connectivity index (χ2n) is 5.39. The van der Waals surface area contributed by atoms with E-state index in [4.69, 9.17) is 11.6 Å². The smallest absolute Gasteiger partial charge is 0.256 e. The number of nitrogens with zero attached hydrogens (tertiary/aromatic N) is 1. The highest BCUT2D eigenvalue weighted by Gasteiger charge is 2.23. The van der Waals surface area contributed by atoms with Crippen LogP contribution in [0.3, 0.4) is 0 Å². The summed E-state index contributed by atoms with van der Waals surface area (Å²) in [6, 6.07) is 5.59. The lowest BCUT2D eigenvalue weighted by atomic mass is 9.99. The van der Waals surface area contributed by atoms with Crippen molar-refractivity contribution in [2.24, 2.45) is 5.92 Å². The molecule has 1 atom stereocenters. The summed E-state index contributed by atoms with van der Waals surface area (Å²) in [5, 5.41) is 1.63. The average molecular weight is 277 g/mol. The van der Waals surface area contributed by atoms with Crippen molar-refractivity contribution in [1.82, 2.24) is 9.88 Å². The summed E-state index contributed by atoms with van der Waals surface area (Å²) < 4.78 is 0. The van der Waals surface area contributed by atoms with E-state index >= 15 is 0 Å². The molecular formula is C15H17ClN2O. The maximum Gasteiger partial charge on any atom is 0.256 e. The van der Waals surface area contributed by atoms with Crippen molar-refractivity contribution in [3.63, 3.8) is 0 Å². The molecule has 3 nitrogen and oxygen atoms in total. The molecule has 0 spiro atoms. The number of H-pyrrole nitrogens is 1. The van der Waals surface area contributed by atoms with Crippen LogP contribution in [0, 0.1) is 5.92 Å².